The van der Waals surface area contributed by atoms with Crippen molar-refractivity contribution in [3.8, 4) is 12.3 Å². The Morgan fingerprint density at radius 3 is 2.50 bits per heavy atom. The molecule has 1 fully saturated rings. The summed E-state index contributed by atoms with van der Waals surface area (Å²) in [5.74, 6) is 3.72. The van der Waals surface area contributed by atoms with Crippen molar-refractivity contribution in [3.05, 3.63) is 0 Å². The smallest absolute Gasteiger partial charge is 0.0767 e. The minimum atomic E-state index is -0.0859. The molecule has 0 amide bonds. The molecule has 1 atom stereocenters. The van der Waals surface area contributed by atoms with E-state index in [9.17, 15) is 0 Å². The molecule has 0 aromatic heterocycles. The Kier molecular flexibility index (Phi) is 4.48. The predicted molar refractivity (Wildman–Crippen MR) is 62.1 cm³/mol. The Morgan fingerprint density at radius 2 is 2.00 bits per heavy atom. The van der Waals surface area contributed by atoms with Crippen LogP contribution in [-0.4, -0.2) is 12.1 Å². The second-order valence-corrected chi connectivity index (χ2v) is 4.71. The maximum Gasteiger partial charge on any atom is 0.0767 e. The maximum atomic E-state index is 5.52. The van der Waals surface area contributed by atoms with Crippen LogP contribution >= 0.6 is 0 Å². The molecule has 0 saturated heterocycles. The van der Waals surface area contributed by atoms with Crippen molar-refractivity contribution in [1.29, 1.82) is 0 Å². The summed E-state index contributed by atoms with van der Waals surface area (Å²) in [6.45, 7) is 5.37. The fraction of sp³-hybridized carbons (Fsp3) is 0.846. The minimum Gasteiger partial charge on any atom is -0.301 e. The second-order valence-electron chi connectivity index (χ2n) is 4.71. The first-order valence-corrected chi connectivity index (χ1v) is 5.93. The van der Waals surface area contributed by atoms with Crippen LogP contribution in [0.25, 0.3) is 0 Å². The highest BCUT2D eigenvalue weighted by Gasteiger charge is 2.20. The largest absolute Gasteiger partial charge is 0.301 e. The van der Waals surface area contributed by atoms with Gasteiger partial charge in [0.05, 0.1) is 5.54 Å². The molecule has 0 radical (unpaired) electrons. The summed E-state index contributed by atoms with van der Waals surface area (Å²) in [5, 5.41) is 3.53. The molecule has 1 saturated carbocycles. The van der Waals surface area contributed by atoms with Crippen LogP contribution in [0.15, 0.2) is 0 Å². The van der Waals surface area contributed by atoms with E-state index < -0.39 is 0 Å². The van der Waals surface area contributed by atoms with Crippen molar-refractivity contribution in [3.63, 3.8) is 0 Å². The second kappa shape index (κ2) is 5.41. The molecule has 0 heterocycles. The summed E-state index contributed by atoms with van der Waals surface area (Å²) >= 11 is 0. The third-order valence-corrected chi connectivity index (χ3v) is 3.53. The van der Waals surface area contributed by atoms with Gasteiger partial charge in [-0.25, -0.2) is 0 Å². The van der Waals surface area contributed by atoms with Crippen LogP contribution in [0.5, 0.6) is 0 Å². The Hall–Kier alpha value is -0.480. The summed E-state index contributed by atoms with van der Waals surface area (Å²) in [6.07, 6.45) is 13.5. The van der Waals surface area contributed by atoms with Gasteiger partial charge in [0.25, 0.3) is 0 Å². The van der Waals surface area contributed by atoms with Gasteiger partial charge in [-0.15, -0.1) is 6.42 Å². The number of rotatable bonds is 4. The van der Waals surface area contributed by atoms with E-state index in [1.54, 1.807) is 0 Å². The van der Waals surface area contributed by atoms with Crippen molar-refractivity contribution < 1.29 is 0 Å². The van der Waals surface area contributed by atoms with Crippen molar-refractivity contribution in [2.24, 2.45) is 5.92 Å². The van der Waals surface area contributed by atoms with Gasteiger partial charge in [-0.05, 0) is 38.6 Å². The Labute approximate surface area is 88.7 Å². The van der Waals surface area contributed by atoms with E-state index in [0.29, 0.717) is 0 Å². The van der Waals surface area contributed by atoms with Gasteiger partial charge in [0.2, 0.25) is 0 Å². The van der Waals surface area contributed by atoms with Gasteiger partial charge in [-0.2, -0.15) is 0 Å². The molecule has 0 spiro atoms. The lowest BCUT2D eigenvalue weighted by atomic mass is 9.88. The van der Waals surface area contributed by atoms with Gasteiger partial charge in [-0.3, -0.25) is 0 Å². The summed E-state index contributed by atoms with van der Waals surface area (Å²) in [5.41, 5.74) is -0.0859. The first-order chi connectivity index (χ1) is 6.70. The van der Waals surface area contributed by atoms with Crippen molar-refractivity contribution >= 4 is 0 Å². The molecule has 0 aromatic rings. The van der Waals surface area contributed by atoms with Gasteiger partial charge in [0.1, 0.15) is 0 Å². The monoisotopic (exact) mass is 193 g/mol. The van der Waals surface area contributed by atoms with Crippen LogP contribution in [0.4, 0.5) is 0 Å². The normalized spacial score (nSPS) is 22.6. The molecule has 0 aliphatic heterocycles. The predicted octanol–water partition coefficient (Wildman–Crippen LogP) is 2.96. The van der Waals surface area contributed by atoms with Crippen LogP contribution < -0.4 is 5.32 Å². The lowest BCUT2D eigenvalue weighted by Gasteiger charge is -2.28. The van der Waals surface area contributed by atoms with Crippen LogP contribution in [0.2, 0.25) is 0 Å². The first-order valence-electron chi connectivity index (χ1n) is 5.93. The molecular weight excluding hydrogens is 170 g/mol. The topological polar surface area (TPSA) is 12.0 Å². The zero-order valence-electron chi connectivity index (χ0n) is 9.60. The fourth-order valence-electron chi connectivity index (χ4n) is 2.04. The maximum absolute atomic E-state index is 5.52. The molecule has 1 aliphatic rings. The molecule has 14 heavy (non-hydrogen) atoms. The van der Waals surface area contributed by atoms with Crippen LogP contribution in [0.1, 0.15) is 52.4 Å². The summed E-state index contributed by atoms with van der Waals surface area (Å²) < 4.78 is 0. The highest BCUT2D eigenvalue weighted by Crippen LogP contribution is 2.23. The quantitative estimate of drug-likeness (QED) is 0.677. The number of hydrogen-bond acceptors (Lipinski definition) is 1. The van der Waals surface area contributed by atoms with E-state index in [1.807, 2.05) is 0 Å². The van der Waals surface area contributed by atoms with Crippen molar-refractivity contribution in [2.45, 2.75) is 57.9 Å². The molecule has 80 valence electrons. The molecule has 0 bridgehead atoms. The van der Waals surface area contributed by atoms with Crippen molar-refractivity contribution in [2.75, 3.05) is 6.54 Å². The van der Waals surface area contributed by atoms with Crippen LogP contribution in [0, 0.1) is 18.3 Å². The average molecular weight is 193 g/mol. The highest BCUT2D eigenvalue weighted by atomic mass is 15.0. The zero-order valence-corrected chi connectivity index (χ0v) is 9.60. The molecule has 1 nitrogen and oxygen atoms in total. The van der Waals surface area contributed by atoms with Gasteiger partial charge in [0, 0.05) is 0 Å². The Bertz CT molecular complexity index is 198. The molecule has 0 aromatic carbocycles. The average Bonchev–Trinajstić information content (AvgIpc) is 2.27. The van der Waals surface area contributed by atoms with E-state index in [0.717, 1.165) is 18.9 Å². The van der Waals surface area contributed by atoms with Gasteiger partial charge < -0.3 is 5.32 Å². The van der Waals surface area contributed by atoms with Gasteiger partial charge in [-0.1, -0.05) is 32.1 Å². The molecule has 1 rings (SSSR count). The third-order valence-electron chi connectivity index (χ3n) is 3.53. The SMILES string of the molecule is C#CC(C)(CC)NCC1CCCCC1. The summed E-state index contributed by atoms with van der Waals surface area (Å²) in [7, 11) is 0. The van der Waals surface area contributed by atoms with E-state index in [-0.39, 0.29) is 5.54 Å². The lowest BCUT2D eigenvalue weighted by Crippen LogP contribution is -2.43. The van der Waals surface area contributed by atoms with E-state index in [4.69, 9.17) is 6.42 Å². The highest BCUT2D eigenvalue weighted by molar-refractivity contribution is 5.09. The number of terminal acetylenes is 1. The number of hydrogen-bond donors (Lipinski definition) is 1. The van der Waals surface area contributed by atoms with Crippen LogP contribution in [-0.2, 0) is 0 Å². The third kappa shape index (κ3) is 3.35. The zero-order chi connectivity index (χ0) is 10.4. The summed E-state index contributed by atoms with van der Waals surface area (Å²) in [6, 6.07) is 0. The van der Waals surface area contributed by atoms with Crippen molar-refractivity contribution in [1.82, 2.24) is 5.32 Å². The Balaban J connectivity index is 2.28. The van der Waals surface area contributed by atoms with E-state index >= 15 is 0 Å². The molecule has 1 heteroatoms. The van der Waals surface area contributed by atoms with E-state index in [1.165, 1.54) is 32.1 Å². The first kappa shape index (κ1) is 11.6. The molecular formula is C13H23N. The fourth-order valence-corrected chi connectivity index (χ4v) is 2.04. The number of nitrogens with one attached hydrogen (secondary N) is 1. The molecule has 1 N–H and O–H groups in total. The van der Waals surface area contributed by atoms with E-state index in [2.05, 4.69) is 25.1 Å². The van der Waals surface area contributed by atoms with Gasteiger partial charge in [0.15, 0.2) is 0 Å². The molecule has 1 unspecified atom stereocenters. The Morgan fingerprint density at radius 1 is 1.36 bits per heavy atom. The minimum absolute atomic E-state index is 0.0859. The standard InChI is InChI=1S/C13H23N/c1-4-13(3,5-2)14-11-12-9-7-6-8-10-12/h1,12,14H,5-11H2,2-3H3. The molecule has 1 aliphatic carbocycles. The van der Waals surface area contributed by atoms with Gasteiger partial charge >= 0.3 is 0 Å². The lowest BCUT2D eigenvalue weighted by molar-refractivity contribution is 0.309. The summed E-state index contributed by atoms with van der Waals surface area (Å²) in [4.78, 5) is 0. The van der Waals surface area contributed by atoms with Crippen LogP contribution in [0.3, 0.4) is 0 Å².